The Labute approximate surface area is 120 Å². The van der Waals surface area contributed by atoms with Crippen LogP contribution in [0.25, 0.3) is 0 Å². The zero-order chi connectivity index (χ0) is 15.6. The number of non-ortho nitro benzene ring substituents is 1. The second-order valence-corrected chi connectivity index (χ2v) is 6.09. The van der Waals surface area contributed by atoms with E-state index in [0.717, 1.165) is 24.3 Å². The summed E-state index contributed by atoms with van der Waals surface area (Å²) in [5, 5.41) is 10.5. The molecule has 2 N–H and O–H groups in total. The Bertz CT molecular complexity index is 732. The van der Waals surface area contributed by atoms with Crippen LogP contribution >= 0.6 is 0 Å². The maximum absolute atomic E-state index is 12.3. The number of sulfone groups is 1. The molecule has 0 bridgehead atoms. The molecule has 1 amide bonds. The molecule has 0 heterocycles. The van der Waals surface area contributed by atoms with Crippen LogP contribution in [0.3, 0.4) is 0 Å². The highest BCUT2D eigenvalue weighted by atomic mass is 32.2. The maximum atomic E-state index is 12.3. The number of hydrogen-bond acceptors (Lipinski definition) is 5. The summed E-state index contributed by atoms with van der Waals surface area (Å²) in [4.78, 5) is 20.8. The third kappa shape index (κ3) is 2.90. The van der Waals surface area contributed by atoms with E-state index in [0.29, 0.717) is 0 Å². The molecule has 8 heteroatoms. The van der Waals surface area contributed by atoms with Crippen molar-refractivity contribution in [3.8, 4) is 0 Å². The number of nitro groups is 1. The number of carbonyl (C=O) groups is 1. The van der Waals surface area contributed by atoms with Crippen LogP contribution in [0.1, 0.15) is 10.4 Å². The van der Waals surface area contributed by atoms with Crippen LogP contribution in [0.15, 0.2) is 58.3 Å². The van der Waals surface area contributed by atoms with Gasteiger partial charge in [-0.05, 0) is 36.4 Å². The van der Waals surface area contributed by atoms with Gasteiger partial charge >= 0.3 is 0 Å². The van der Waals surface area contributed by atoms with Gasteiger partial charge in [-0.1, -0.05) is 0 Å². The molecule has 0 fully saturated rings. The standard InChI is InChI=1S/C13H10N2O5S/c14-13(16)9-1-5-11(6-2-9)21(19,20)12-7-3-10(4-8-12)15(17)18/h1-8H,(H2,14,16). The van der Waals surface area contributed by atoms with Gasteiger partial charge in [0, 0.05) is 17.7 Å². The van der Waals surface area contributed by atoms with Crippen molar-refractivity contribution in [3.05, 3.63) is 64.2 Å². The first kappa shape index (κ1) is 14.7. The van der Waals surface area contributed by atoms with Gasteiger partial charge in [0.05, 0.1) is 14.7 Å². The average Bonchev–Trinajstić information content (AvgIpc) is 2.47. The van der Waals surface area contributed by atoms with Crippen molar-refractivity contribution in [2.45, 2.75) is 9.79 Å². The molecule has 0 atom stereocenters. The van der Waals surface area contributed by atoms with Crippen LogP contribution in [0.5, 0.6) is 0 Å². The number of rotatable bonds is 4. The summed E-state index contributed by atoms with van der Waals surface area (Å²) in [6, 6.07) is 9.69. The lowest BCUT2D eigenvalue weighted by Crippen LogP contribution is -2.11. The molecule has 2 aromatic carbocycles. The summed E-state index contributed by atoms with van der Waals surface area (Å²) in [5.74, 6) is -0.658. The highest BCUT2D eigenvalue weighted by Gasteiger charge is 2.19. The summed E-state index contributed by atoms with van der Waals surface area (Å²) in [6.45, 7) is 0. The first-order chi connectivity index (χ1) is 9.82. The average molecular weight is 306 g/mol. The summed E-state index contributed by atoms with van der Waals surface area (Å²) in [6.07, 6.45) is 0. The molecule has 21 heavy (non-hydrogen) atoms. The summed E-state index contributed by atoms with van der Waals surface area (Å²) >= 11 is 0. The normalized spacial score (nSPS) is 11.0. The van der Waals surface area contributed by atoms with E-state index in [1.165, 1.54) is 24.3 Å². The molecule has 7 nitrogen and oxygen atoms in total. The number of primary amides is 1. The number of nitrogens with two attached hydrogens (primary N) is 1. The van der Waals surface area contributed by atoms with E-state index in [1.54, 1.807) is 0 Å². The Morgan fingerprint density at radius 1 is 0.952 bits per heavy atom. The number of nitro benzene ring substituents is 1. The monoisotopic (exact) mass is 306 g/mol. The quantitative estimate of drug-likeness (QED) is 0.678. The molecule has 0 aliphatic heterocycles. The number of hydrogen-bond donors (Lipinski definition) is 1. The Kier molecular flexibility index (Phi) is 3.72. The highest BCUT2D eigenvalue weighted by Crippen LogP contribution is 2.23. The Morgan fingerprint density at radius 3 is 1.76 bits per heavy atom. The van der Waals surface area contributed by atoms with Gasteiger partial charge in [0.2, 0.25) is 15.7 Å². The zero-order valence-corrected chi connectivity index (χ0v) is 11.4. The fourth-order valence-electron chi connectivity index (χ4n) is 1.68. The fourth-order valence-corrected chi connectivity index (χ4v) is 2.94. The molecule has 0 aliphatic rings. The summed E-state index contributed by atoms with van der Waals surface area (Å²) < 4.78 is 24.6. The third-order valence-corrected chi connectivity index (χ3v) is 4.59. The number of nitrogens with zero attached hydrogens (tertiary/aromatic N) is 1. The second-order valence-electron chi connectivity index (χ2n) is 4.14. The minimum atomic E-state index is -3.80. The Balaban J connectivity index is 2.41. The Morgan fingerprint density at radius 2 is 1.38 bits per heavy atom. The third-order valence-electron chi connectivity index (χ3n) is 2.81. The molecule has 2 aromatic rings. The summed E-state index contributed by atoms with van der Waals surface area (Å²) in [7, 11) is -3.80. The van der Waals surface area contributed by atoms with Crippen LogP contribution in [0, 0.1) is 10.1 Å². The van der Waals surface area contributed by atoms with E-state index in [4.69, 9.17) is 5.73 Å². The molecule has 0 aliphatic carbocycles. The van der Waals surface area contributed by atoms with E-state index in [1.807, 2.05) is 0 Å². The molecule has 0 unspecified atom stereocenters. The van der Waals surface area contributed by atoms with Gasteiger partial charge in [-0.15, -0.1) is 0 Å². The maximum Gasteiger partial charge on any atom is 0.269 e. The van der Waals surface area contributed by atoms with Gasteiger partial charge < -0.3 is 5.73 Å². The van der Waals surface area contributed by atoms with E-state index in [2.05, 4.69) is 0 Å². The van der Waals surface area contributed by atoms with Crippen molar-refractivity contribution in [3.63, 3.8) is 0 Å². The van der Waals surface area contributed by atoms with Gasteiger partial charge in [0.15, 0.2) is 0 Å². The van der Waals surface area contributed by atoms with Gasteiger partial charge in [-0.25, -0.2) is 8.42 Å². The van der Waals surface area contributed by atoms with Gasteiger partial charge in [-0.3, -0.25) is 14.9 Å². The molecular formula is C13H10N2O5S. The van der Waals surface area contributed by atoms with Crippen molar-refractivity contribution in [2.75, 3.05) is 0 Å². The lowest BCUT2D eigenvalue weighted by Gasteiger charge is -2.05. The first-order valence-electron chi connectivity index (χ1n) is 5.72. The molecule has 108 valence electrons. The van der Waals surface area contributed by atoms with Crippen LogP contribution in [0.4, 0.5) is 5.69 Å². The van der Waals surface area contributed by atoms with Gasteiger partial charge in [0.1, 0.15) is 0 Å². The van der Waals surface area contributed by atoms with Crippen LogP contribution in [-0.4, -0.2) is 19.2 Å². The van der Waals surface area contributed by atoms with Crippen molar-refractivity contribution >= 4 is 21.4 Å². The van der Waals surface area contributed by atoms with E-state index in [-0.39, 0.29) is 21.0 Å². The van der Waals surface area contributed by atoms with Gasteiger partial charge in [0.25, 0.3) is 5.69 Å². The van der Waals surface area contributed by atoms with E-state index >= 15 is 0 Å². The number of carbonyl (C=O) groups excluding carboxylic acids is 1. The van der Waals surface area contributed by atoms with Crippen molar-refractivity contribution in [1.82, 2.24) is 0 Å². The molecular weight excluding hydrogens is 296 g/mol. The molecule has 2 rings (SSSR count). The second kappa shape index (κ2) is 5.33. The molecule has 0 spiro atoms. The smallest absolute Gasteiger partial charge is 0.269 e. The summed E-state index contributed by atoms with van der Waals surface area (Å²) in [5.41, 5.74) is 5.07. The van der Waals surface area contributed by atoms with Gasteiger partial charge in [-0.2, -0.15) is 0 Å². The number of amides is 1. The topological polar surface area (TPSA) is 120 Å². The zero-order valence-electron chi connectivity index (χ0n) is 10.6. The first-order valence-corrected chi connectivity index (χ1v) is 7.20. The molecule has 0 saturated carbocycles. The fraction of sp³-hybridized carbons (Fsp3) is 0. The molecule has 0 saturated heterocycles. The van der Waals surface area contributed by atoms with E-state index < -0.39 is 20.7 Å². The number of benzene rings is 2. The van der Waals surface area contributed by atoms with Crippen molar-refractivity contribution in [1.29, 1.82) is 0 Å². The predicted molar refractivity (Wildman–Crippen MR) is 73.5 cm³/mol. The highest BCUT2D eigenvalue weighted by molar-refractivity contribution is 7.91. The van der Waals surface area contributed by atoms with Crippen molar-refractivity contribution in [2.24, 2.45) is 5.73 Å². The lowest BCUT2D eigenvalue weighted by molar-refractivity contribution is -0.384. The predicted octanol–water partition coefficient (Wildman–Crippen LogP) is 1.53. The van der Waals surface area contributed by atoms with Crippen LogP contribution in [0.2, 0.25) is 0 Å². The molecule has 0 aromatic heterocycles. The minimum absolute atomic E-state index is 0.0265. The minimum Gasteiger partial charge on any atom is -0.366 e. The SMILES string of the molecule is NC(=O)c1ccc(S(=O)(=O)c2ccc([N+](=O)[O-])cc2)cc1. The largest absolute Gasteiger partial charge is 0.366 e. The molecule has 0 radical (unpaired) electrons. The van der Waals surface area contributed by atoms with Crippen molar-refractivity contribution < 1.29 is 18.1 Å². The van der Waals surface area contributed by atoms with E-state index in [9.17, 15) is 23.3 Å². The van der Waals surface area contributed by atoms with Crippen LogP contribution < -0.4 is 5.73 Å². The Hall–Kier alpha value is -2.74. The lowest BCUT2D eigenvalue weighted by atomic mass is 10.2. The van der Waals surface area contributed by atoms with Crippen LogP contribution in [-0.2, 0) is 9.84 Å².